The van der Waals surface area contributed by atoms with Crippen molar-refractivity contribution in [3.8, 4) is 0 Å². The maximum atomic E-state index is 10.6. The van der Waals surface area contributed by atoms with Gasteiger partial charge in [-0.2, -0.15) is 0 Å². The van der Waals surface area contributed by atoms with E-state index in [1.807, 2.05) is 0 Å². The Morgan fingerprint density at radius 3 is 1.59 bits per heavy atom. The van der Waals surface area contributed by atoms with Gasteiger partial charge >= 0.3 is 23.1 Å². The first kappa shape index (κ1) is 21.2. The molecule has 0 bridgehead atoms. The van der Waals surface area contributed by atoms with Crippen molar-refractivity contribution < 1.29 is 10.2 Å². The van der Waals surface area contributed by atoms with Gasteiger partial charge in [-0.15, -0.1) is 0 Å². The van der Waals surface area contributed by atoms with Gasteiger partial charge in [0.15, 0.2) is 0 Å². The molecule has 1 aromatic rings. The first-order valence-corrected chi connectivity index (χ1v) is 4.33. The summed E-state index contributed by atoms with van der Waals surface area (Å²) < 4.78 is 1.47. The summed E-state index contributed by atoms with van der Waals surface area (Å²) in [5.74, 6) is 0. The molecule has 0 N–H and O–H groups in total. The van der Waals surface area contributed by atoms with E-state index in [-0.39, 0.29) is 28.6 Å². The molecule has 0 saturated carbocycles. The van der Waals surface area contributed by atoms with Crippen LogP contribution in [-0.4, -0.2) is 37.2 Å². The third-order valence-corrected chi connectivity index (χ3v) is 2.03. The van der Waals surface area contributed by atoms with Crippen LogP contribution in [0.5, 0.6) is 0 Å². The number of aryl methyl sites for hydroxylation is 1. The minimum absolute atomic E-state index is 0. The van der Waals surface area contributed by atoms with Crippen LogP contribution < -0.4 is 5.56 Å². The van der Waals surface area contributed by atoms with Crippen LogP contribution in [0.3, 0.4) is 0 Å². The van der Waals surface area contributed by atoms with Gasteiger partial charge in [-0.1, -0.05) is 23.1 Å². The summed E-state index contributed by atoms with van der Waals surface area (Å²) >= 11 is 6.71. The quantitative estimate of drug-likeness (QED) is 0.377. The molecule has 0 aliphatic carbocycles. The number of aromatic nitrogens is 1. The van der Waals surface area contributed by atoms with Gasteiger partial charge in [-0.05, 0) is 0 Å². The molecule has 0 radical (unpaired) electrons. The van der Waals surface area contributed by atoms with E-state index in [0.29, 0.717) is 5.02 Å². The predicted octanol–water partition coefficient (Wildman–Crippen LogP) is 0.241. The van der Waals surface area contributed by atoms with Crippen molar-refractivity contribution in [2.75, 3.05) is 0 Å². The largest absolute Gasteiger partial charge is 2.00 e. The van der Waals surface area contributed by atoms with Gasteiger partial charge in [0.25, 0.3) is 5.56 Å². The maximum absolute atomic E-state index is 10.6. The minimum Gasteiger partial charge on any atom is -0.356 e. The second-order valence-electron chi connectivity index (χ2n) is 1.82. The van der Waals surface area contributed by atoms with Crippen LogP contribution in [0.2, 0.25) is 5.02 Å². The molecule has 0 unspecified atom stereocenters. The number of nitrogens with zero attached hydrogens (tertiary/aromatic N) is 3. The smallest absolute Gasteiger partial charge is 0.356 e. The molecule has 0 amide bonds. The Morgan fingerprint density at radius 1 is 1.24 bits per heavy atom. The van der Waals surface area contributed by atoms with Crippen LogP contribution in [0.15, 0.2) is 10.2 Å². The van der Waals surface area contributed by atoms with Crippen molar-refractivity contribution in [2.45, 2.75) is 0 Å². The predicted molar refractivity (Wildman–Crippen MR) is 61.0 cm³/mol. The summed E-state index contributed by atoms with van der Waals surface area (Å²) in [5, 5.41) is 31.4. The summed E-state index contributed by atoms with van der Waals surface area (Å²) in [4.78, 5) is 27.1. The van der Waals surface area contributed by atoms with E-state index in [9.17, 15) is 4.79 Å². The Hall–Kier alpha value is -1.11. The fourth-order valence-electron chi connectivity index (χ4n) is 0.374. The molecule has 0 saturated heterocycles. The van der Waals surface area contributed by atoms with E-state index in [1.165, 1.54) is 15.5 Å². The van der Waals surface area contributed by atoms with Gasteiger partial charge in [0.2, 0.25) is 0 Å². The Morgan fingerprint density at radius 2 is 1.53 bits per heavy atom. The van der Waals surface area contributed by atoms with Crippen molar-refractivity contribution in [2.24, 2.45) is 7.05 Å². The van der Waals surface area contributed by atoms with Gasteiger partial charge in [0.05, 0.1) is 10.2 Å². The summed E-state index contributed by atoms with van der Waals surface area (Å²) in [5.41, 5.74) is -0.114. The van der Waals surface area contributed by atoms with Crippen LogP contribution in [-0.2, 0) is 7.05 Å². The molecule has 17 heavy (non-hydrogen) atoms. The number of hydrogen-bond donors (Lipinski definition) is 0. The monoisotopic (exact) mass is 297 g/mol. The molecule has 1 aromatic heterocycles. The number of halogens is 1. The van der Waals surface area contributed by atoms with Gasteiger partial charge in [0.1, 0.15) is 5.02 Å². The Bertz CT molecular complexity index is 364. The molecule has 0 spiro atoms. The normalized spacial score (nSPS) is 7.41. The van der Waals surface area contributed by atoms with Crippen molar-refractivity contribution in [1.82, 2.24) is 3.96 Å². The van der Waals surface area contributed by atoms with Gasteiger partial charge in [-0.25, -0.2) is 0 Å². The fourth-order valence-corrected chi connectivity index (χ4v) is 1.22. The van der Waals surface area contributed by atoms with Gasteiger partial charge in [-0.3, -0.25) is 8.75 Å². The molecule has 0 aromatic carbocycles. The number of rotatable bonds is 0. The molecule has 1 heterocycles. The second-order valence-corrected chi connectivity index (χ2v) is 3.22. The molecule has 10 nitrogen and oxygen atoms in total. The molecule has 0 aliphatic rings. The molecule has 0 atom stereocenters. The average molecular weight is 298 g/mol. The van der Waals surface area contributed by atoms with Gasteiger partial charge in [0, 0.05) is 12.4 Å². The zero-order valence-corrected chi connectivity index (χ0v) is 11.3. The first-order chi connectivity index (χ1) is 7.18. The molecule has 13 heteroatoms. The summed E-state index contributed by atoms with van der Waals surface area (Å²) in [6, 6.07) is 0. The zero-order chi connectivity index (χ0) is 13.3. The van der Waals surface area contributed by atoms with Gasteiger partial charge < -0.3 is 30.6 Å². The third-order valence-electron chi connectivity index (χ3n) is 0.805. The van der Waals surface area contributed by atoms with Crippen molar-refractivity contribution >= 4 is 46.2 Å². The number of hydrogen-bond acceptors (Lipinski definition) is 8. The summed E-state index contributed by atoms with van der Waals surface area (Å²) in [6.07, 6.45) is 0. The van der Waals surface area contributed by atoms with E-state index in [0.717, 1.165) is 0 Å². The summed E-state index contributed by atoms with van der Waals surface area (Å²) in [6.45, 7) is 0. The summed E-state index contributed by atoms with van der Waals surface area (Å²) in [7, 11) is 1.68. The first-order valence-electron chi connectivity index (χ1n) is 3.12. The van der Waals surface area contributed by atoms with E-state index < -0.39 is 10.2 Å². The van der Waals surface area contributed by atoms with Crippen LogP contribution in [0.4, 0.5) is 0 Å². The van der Waals surface area contributed by atoms with E-state index >= 15 is 0 Å². The van der Waals surface area contributed by atoms with Crippen LogP contribution in [0.25, 0.3) is 0 Å². The second kappa shape index (κ2) is 11.4. The molecule has 92 valence electrons. The Balaban J connectivity index is -0.000000189. The SMILES string of the molecule is Cn1scc(Cl)c1=O.O=[N+]([O-])[O-].O=[N+]([O-])[O-].[Mg+2]. The van der Waals surface area contributed by atoms with Crippen LogP contribution in [0.1, 0.15) is 0 Å². The van der Waals surface area contributed by atoms with Crippen molar-refractivity contribution in [3.63, 3.8) is 0 Å². The van der Waals surface area contributed by atoms with E-state index in [2.05, 4.69) is 0 Å². The van der Waals surface area contributed by atoms with E-state index in [4.69, 9.17) is 42.2 Å². The molecule has 1 rings (SSSR count). The Labute approximate surface area is 119 Å². The van der Waals surface area contributed by atoms with Crippen LogP contribution >= 0.6 is 23.1 Å². The fraction of sp³-hybridized carbons (Fsp3) is 0.250. The van der Waals surface area contributed by atoms with E-state index in [1.54, 1.807) is 12.4 Å². The van der Waals surface area contributed by atoms with Crippen LogP contribution in [0, 0.1) is 30.6 Å². The van der Waals surface area contributed by atoms with Crippen molar-refractivity contribution in [3.05, 3.63) is 51.4 Å². The molecule has 0 aliphatic heterocycles. The zero-order valence-electron chi connectivity index (χ0n) is 8.27. The minimum atomic E-state index is -1.75. The maximum Gasteiger partial charge on any atom is 2.00 e. The Kier molecular flexibility index (Phi) is 14.2. The average Bonchev–Trinajstić information content (AvgIpc) is 2.34. The third kappa shape index (κ3) is 17.5. The molecular formula is C4H4ClMgN3O7S. The standard InChI is InChI=1S/C4H4ClNOS.Mg.2NO3/c1-6-4(7)3(5)2-8-6;;2*2-1(3)4/h2H,1H3;;;/q;+2;2*-1. The van der Waals surface area contributed by atoms with Crippen molar-refractivity contribution in [1.29, 1.82) is 0 Å². The molecule has 0 fully saturated rings. The molecular weight excluding hydrogens is 294 g/mol. The topological polar surface area (TPSA) is 154 Å².